The van der Waals surface area contributed by atoms with Crippen molar-refractivity contribution in [2.24, 2.45) is 0 Å². The average Bonchev–Trinajstić information content (AvgIpc) is 2.65. The predicted molar refractivity (Wildman–Crippen MR) is 97.1 cm³/mol. The minimum atomic E-state index is -1.57. The second-order valence-corrected chi connectivity index (χ2v) is 5.89. The van der Waals surface area contributed by atoms with Crippen LogP contribution in [0.4, 0.5) is 5.69 Å². The molecule has 10 heteroatoms. The summed E-state index contributed by atoms with van der Waals surface area (Å²) in [5, 5.41) is 13.6. The third kappa shape index (κ3) is 4.99. The number of hydrogen-bond donors (Lipinski definition) is 1. The van der Waals surface area contributed by atoms with Gasteiger partial charge in [0.25, 0.3) is 17.2 Å². The van der Waals surface area contributed by atoms with Gasteiger partial charge in [0.05, 0.1) is 16.6 Å². The summed E-state index contributed by atoms with van der Waals surface area (Å²) in [6.07, 6.45) is 1.17. The number of ketones is 1. The van der Waals surface area contributed by atoms with Gasteiger partial charge in [-0.1, -0.05) is 23.7 Å². The fourth-order valence-corrected chi connectivity index (χ4v) is 2.52. The summed E-state index contributed by atoms with van der Waals surface area (Å²) in [6, 6.07) is 5.81. The summed E-state index contributed by atoms with van der Waals surface area (Å²) in [7, 11) is 1.44. The molecular formula is C17H16ClN3O6. The van der Waals surface area contributed by atoms with Gasteiger partial charge in [0.15, 0.2) is 11.8 Å². The van der Waals surface area contributed by atoms with Crippen molar-refractivity contribution in [3.05, 3.63) is 73.6 Å². The van der Waals surface area contributed by atoms with Crippen LogP contribution in [-0.4, -0.2) is 41.4 Å². The number of pyridine rings is 1. The van der Waals surface area contributed by atoms with Gasteiger partial charge in [0.2, 0.25) is 0 Å². The molecule has 9 nitrogen and oxygen atoms in total. The number of aromatic nitrogens is 1. The van der Waals surface area contributed by atoms with Crippen molar-refractivity contribution in [1.29, 1.82) is 0 Å². The van der Waals surface area contributed by atoms with Gasteiger partial charge < -0.3 is 10.1 Å². The standard InChI is InChI=1S/C17H16ClN3O6/c1-27-8-7-19-17(24)15(20-10-12(18)5-6-14(20)22)16(23)11-3-2-4-13(9-11)21(25)26/h2-6,9-10,15H,7-8H2,1H3,(H,19,24). The van der Waals surface area contributed by atoms with Crippen molar-refractivity contribution in [3.8, 4) is 0 Å². The van der Waals surface area contributed by atoms with Gasteiger partial charge in [0.1, 0.15) is 0 Å². The molecule has 2 aromatic rings. The molecule has 142 valence electrons. The van der Waals surface area contributed by atoms with Crippen molar-refractivity contribution >= 4 is 29.0 Å². The lowest BCUT2D eigenvalue weighted by molar-refractivity contribution is -0.384. The van der Waals surface area contributed by atoms with Gasteiger partial charge in [-0.05, 0) is 6.07 Å². The minimum Gasteiger partial charge on any atom is -0.383 e. The SMILES string of the molecule is COCCNC(=O)C(C(=O)c1cccc([N+](=O)[O-])c1)n1cc(Cl)ccc1=O. The lowest BCUT2D eigenvalue weighted by atomic mass is 10.0. The summed E-state index contributed by atoms with van der Waals surface area (Å²) >= 11 is 5.90. The second kappa shape index (κ2) is 9.06. The van der Waals surface area contributed by atoms with Crippen LogP contribution in [0, 0.1) is 10.1 Å². The molecule has 27 heavy (non-hydrogen) atoms. The minimum absolute atomic E-state index is 0.0806. The van der Waals surface area contributed by atoms with Crippen molar-refractivity contribution in [2.75, 3.05) is 20.3 Å². The van der Waals surface area contributed by atoms with Gasteiger partial charge in [-0.15, -0.1) is 0 Å². The molecule has 1 aromatic heterocycles. The van der Waals surface area contributed by atoms with Gasteiger partial charge in [0, 0.05) is 43.6 Å². The van der Waals surface area contributed by atoms with Gasteiger partial charge in [-0.2, -0.15) is 0 Å². The molecule has 0 saturated carbocycles. The Morgan fingerprint density at radius 3 is 2.74 bits per heavy atom. The lowest BCUT2D eigenvalue weighted by Gasteiger charge is -2.18. The number of amides is 1. The van der Waals surface area contributed by atoms with E-state index in [4.69, 9.17) is 16.3 Å². The summed E-state index contributed by atoms with van der Waals surface area (Å²) in [5.74, 6) is -1.54. The second-order valence-electron chi connectivity index (χ2n) is 5.45. The first kappa shape index (κ1) is 20.3. The van der Waals surface area contributed by atoms with E-state index in [1.165, 1.54) is 37.6 Å². The molecule has 1 unspecified atom stereocenters. The van der Waals surface area contributed by atoms with Gasteiger partial charge in [-0.3, -0.25) is 29.1 Å². The lowest BCUT2D eigenvalue weighted by Crippen LogP contribution is -2.42. The van der Waals surface area contributed by atoms with Crippen LogP contribution in [0.2, 0.25) is 5.02 Å². The predicted octanol–water partition coefficient (Wildman–Crippen LogP) is 1.60. The number of Topliss-reactive ketones (excluding diaryl/α,β-unsaturated/α-hetero) is 1. The molecule has 0 aliphatic rings. The number of non-ortho nitro benzene ring substituents is 1. The van der Waals surface area contributed by atoms with E-state index in [1.54, 1.807) is 0 Å². The Kier molecular flexibility index (Phi) is 6.80. The van der Waals surface area contributed by atoms with Crippen LogP contribution >= 0.6 is 11.6 Å². The van der Waals surface area contributed by atoms with E-state index >= 15 is 0 Å². The molecule has 1 heterocycles. The molecular weight excluding hydrogens is 378 g/mol. The quantitative estimate of drug-likeness (QED) is 0.239. The van der Waals surface area contributed by atoms with Crippen LogP contribution < -0.4 is 10.9 Å². The first-order valence-electron chi connectivity index (χ1n) is 7.78. The molecule has 0 aliphatic carbocycles. The monoisotopic (exact) mass is 393 g/mol. The average molecular weight is 394 g/mol. The number of nitrogens with one attached hydrogen (secondary N) is 1. The first-order chi connectivity index (χ1) is 12.8. The number of rotatable bonds is 8. The Bertz CT molecular complexity index is 927. The molecule has 0 saturated heterocycles. The van der Waals surface area contributed by atoms with E-state index in [-0.39, 0.29) is 29.4 Å². The summed E-state index contributed by atoms with van der Waals surface area (Å²) < 4.78 is 5.74. The van der Waals surface area contributed by atoms with Crippen LogP contribution in [0.3, 0.4) is 0 Å². The molecule has 0 bridgehead atoms. The number of carbonyl (C=O) groups is 2. The first-order valence-corrected chi connectivity index (χ1v) is 8.16. The largest absolute Gasteiger partial charge is 0.383 e. The maximum Gasteiger partial charge on any atom is 0.270 e. The van der Waals surface area contributed by atoms with Crippen LogP contribution in [-0.2, 0) is 9.53 Å². The molecule has 0 radical (unpaired) electrons. The van der Waals surface area contributed by atoms with E-state index < -0.39 is 28.2 Å². The van der Waals surface area contributed by atoms with Crippen LogP contribution in [0.25, 0.3) is 0 Å². The normalized spacial score (nSPS) is 11.6. The van der Waals surface area contributed by atoms with E-state index in [9.17, 15) is 24.5 Å². The molecule has 0 aliphatic heterocycles. The summed E-state index contributed by atoms with van der Waals surface area (Å²) in [4.78, 5) is 48.0. The zero-order valence-corrected chi connectivity index (χ0v) is 15.0. The highest BCUT2D eigenvalue weighted by atomic mass is 35.5. The number of methoxy groups -OCH3 is 1. The van der Waals surface area contributed by atoms with E-state index in [0.717, 1.165) is 16.7 Å². The third-order valence-corrected chi connectivity index (χ3v) is 3.85. The fraction of sp³-hybridized carbons (Fsp3) is 0.235. The molecule has 2 rings (SSSR count). The number of nitro groups is 1. The number of ether oxygens (including phenoxy) is 1. The topological polar surface area (TPSA) is 121 Å². The molecule has 0 fully saturated rings. The summed E-state index contributed by atoms with van der Waals surface area (Å²) in [6.45, 7) is 0.317. The zero-order valence-electron chi connectivity index (χ0n) is 14.3. The third-order valence-electron chi connectivity index (χ3n) is 3.62. The molecule has 1 aromatic carbocycles. The highest BCUT2D eigenvalue weighted by Crippen LogP contribution is 2.20. The molecule has 1 N–H and O–H groups in total. The van der Waals surface area contributed by atoms with Crippen molar-refractivity contribution in [1.82, 2.24) is 9.88 Å². The van der Waals surface area contributed by atoms with Crippen LogP contribution in [0.5, 0.6) is 0 Å². The number of carbonyl (C=O) groups excluding carboxylic acids is 2. The summed E-state index contributed by atoms with van der Waals surface area (Å²) in [5.41, 5.74) is -1.01. The fourth-order valence-electron chi connectivity index (χ4n) is 2.35. The smallest absolute Gasteiger partial charge is 0.270 e. The Morgan fingerprint density at radius 2 is 2.07 bits per heavy atom. The number of halogens is 1. The molecule has 1 amide bonds. The number of nitrogens with zero attached hydrogens (tertiary/aromatic N) is 2. The maximum absolute atomic E-state index is 12.9. The Labute approximate surface area is 158 Å². The number of hydrogen-bond acceptors (Lipinski definition) is 6. The van der Waals surface area contributed by atoms with Gasteiger partial charge >= 0.3 is 0 Å². The van der Waals surface area contributed by atoms with Crippen molar-refractivity contribution in [2.45, 2.75) is 6.04 Å². The Hall–Kier alpha value is -3.04. The van der Waals surface area contributed by atoms with E-state index in [1.807, 2.05) is 0 Å². The van der Waals surface area contributed by atoms with Crippen molar-refractivity contribution < 1.29 is 19.2 Å². The number of nitro benzene ring substituents is 1. The van der Waals surface area contributed by atoms with Gasteiger partial charge in [-0.25, -0.2) is 0 Å². The van der Waals surface area contributed by atoms with Crippen LogP contribution in [0.1, 0.15) is 16.4 Å². The molecule has 0 spiro atoms. The Morgan fingerprint density at radius 1 is 1.33 bits per heavy atom. The highest BCUT2D eigenvalue weighted by molar-refractivity contribution is 6.30. The highest BCUT2D eigenvalue weighted by Gasteiger charge is 2.31. The van der Waals surface area contributed by atoms with E-state index in [2.05, 4.69) is 5.32 Å². The molecule has 1 atom stereocenters. The number of benzene rings is 1. The Balaban J connectivity index is 2.48. The maximum atomic E-state index is 12.9. The van der Waals surface area contributed by atoms with Crippen molar-refractivity contribution in [3.63, 3.8) is 0 Å². The van der Waals surface area contributed by atoms with Crippen LogP contribution in [0.15, 0.2) is 47.4 Å². The van der Waals surface area contributed by atoms with E-state index in [0.29, 0.717) is 0 Å². The zero-order chi connectivity index (χ0) is 20.0.